The van der Waals surface area contributed by atoms with E-state index in [0.717, 1.165) is 31.2 Å². The molecule has 114 valence electrons. The first-order chi connectivity index (χ1) is 9.86. The van der Waals surface area contributed by atoms with Gasteiger partial charge in [0.25, 0.3) is 0 Å². The largest absolute Gasteiger partial charge is 0.455 e. The first-order valence-electron chi connectivity index (χ1n) is 7.83. The molecule has 1 aromatic rings. The molecule has 2 heteroatoms. The van der Waals surface area contributed by atoms with E-state index < -0.39 is 0 Å². The van der Waals surface area contributed by atoms with Crippen LogP contribution in [0, 0.1) is 5.41 Å². The third-order valence-electron chi connectivity index (χ3n) is 4.68. The molecule has 0 aromatic heterocycles. The van der Waals surface area contributed by atoms with Crippen LogP contribution in [0.3, 0.4) is 0 Å². The van der Waals surface area contributed by atoms with Crippen molar-refractivity contribution in [1.82, 2.24) is 0 Å². The fourth-order valence-electron chi connectivity index (χ4n) is 3.12. The molecule has 0 atom stereocenters. The zero-order valence-corrected chi connectivity index (χ0v) is 13.4. The van der Waals surface area contributed by atoms with Crippen molar-refractivity contribution in [3.05, 3.63) is 42.5 Å². The van der Waals surface area contributed by atoms with E-state index in [-0.39, 0.29) is 17.0 Å². The Bertz CT molecular complexity index is 502. The molecule has 2 rings (SSSR count). The van der Waals surface area contributed by atoms with Crippen LogP contribution in [0.25, 0.3) is 5.57 Å². The fourth-order valence-corrected chi connectivity index (χ4v) is 3.12. The Morgan fingerprint density at radius 3 is 2.19 bits per heavy atom. The summed E-state index contributed by atoms with van der Waals surface area (Å²) in [4.78, 5) is 12.5. The molecular formula is C19H26O2. The van der Waals surface area contributed by atoms with Crippen LogP contribution in [-0.2, 0) is 9.53 Å². The van der Waals surface area contributed by atoms with E-state index in [0.29, 0.717) is 5.57 Å². The minimum Gasteiger partial charge on any atom is -0.455 e. The normalized spacial score (nSPS) is 18.0. The molecule has 0 aliphatic heterocycles. The van der Waals surface area contributed by atoms with Crippen molar-refractivity contribution in [2.45, 2.75) is 58.5 Å². The fraction of sp³-hybridized carbons (Fsp3) is 0.526. The molecule has 1 fully saturated rings. The zero-order chi connectivity index (χ0) is 15.5. The lowest BCUT2D eigenvalue weighted by Crippen LogP contribution is -2.48. The van der Waals surface area contributed by atoms with Crippen molar-refractivity contribution in [3.63, 3.8) is 0 Å². The maximum absolute atomic E-state index is 12.5. The Balaban J connectivity index is 2.17. The van der Waals surface area contributed by atoms with E-state index in [1.54, 1.807) is 0 Å². The van der Waals surface area contributed by atoms with Gasteiger partial charge < -0.3 is 4.74 Å². The van der Waals surface area contributed by atoms with E-state index in [2.05, 4.69) is 27.4 Å². The topological polar surface area (TPSA) is 26.3 Å². The first-order valence-corrected chi connectivity index (χ1v) is 7.83. The summed E-state index contributed by atoms with van der Waals surface area (Å²) in [5, 5.41) is 0. The van der Waals surface area contributed by atoms with E-state index in [1.807, 2.05) is 30.3 Å². The van der Waals surface area contributed by atoms with Crippen molar-refractivity contribution in [2.24, 2.45) is 5.41 Å². The lowest BCUT2D eigenvalue weighted by Gasteiger charge is -2.46. The van der Waals surface area contributed by atoms with Crippen LogP contribution in [0.15, 0.2) is 36.9 Å². The lowest BCUT2D eigenvalue weighted by atomic mass is 9.68. The summed E-state index contributed by atoms with van der Waals surface area (Å²) in [6, 6.07) is 9.55. The van der Waals surface area contributed by atoms with Crippen molar-refractivity contribution in [2.75, 3.05) is 0 Å². The van der Waals surface area contributed by atoms with Crippen LogP contribution in [0.5, 0.6) is 0 Å². The standard InChI is InChI=1S/C19H26O2/c1-15(16-11-7-5-8-12-16)17(20)21-19(18(2,3)4)13-9-6-10-14-19/h5,7-8,11-12H,1,6,9-10,13-14H2,2-4H3. The average Bonchev–Trinajstić information content (AvgIpc) is 2.47. The highest BCUT2D eigenvalue weighted by atomic mass is 16.6. The number of esters is 1. The lowest BCUT2D eigenvalue weighted by molar-refractivity contribution is -0.172. The Morgan fingerprint density at radius 1 is 1.10 bits per heavy atom. The van der Waals surface area contributed by atoms with Gasteiger partial charge in [0, 0.05) is 5.41 Å². The van der Waals surface area contributed by atoms with E-state index in [1.165, 1.54) is 6.42 Å². The molecule has 0 bridgehead atoms. The second-order valence-electron chi connectivity index (χ2n) is 7.04. The number of carbonyl (C=O) groups is 1. The molecule has 0 unspecified atom stereocenters. The van der Waals surface area contributed by atoms with E-state index >= 15 is 0 Å². The Kier molecular flexibility index (Phi) is 4.55. The highest BCUT2D eigenvalue weighted by Crippen LogP contribution is 2.45. The van der Waals surface area contributed by atoms with Crippen LogP contribution in [0.4, 0.5) is 0 Å². The molecule has 1 aliphatic rings. The number of hydrogen-bond acceptors (Lipinski definition) is 2. The molecular weight excluding hydrogens is 260 g/mol. The maximum Gasteiger partial charge on any atom is 0.338 e. The molecule has 1 saturated carbocycles. The second kappa shape index (κ2) is 6.05. The predicted octanol–water partition coefficient (Wildman–Crippen LogP) is 4.99. The number of rotatable bonds is 3. The van der Waals surface area contributed by atoms with Crippen LogP contribution >= 0.6 is 0 Å². The molecule has 0 amide bonds. The summed E-state index contributed by atoms with van der Waals surface area (Å²) in [7, 11) is 0. The van der Waals surface area contributed by atoms with Gasteiger partial charge in [0.2, 0.25) is 0 Å². The molecule has 1 aliphatic carbocycles. The minimum atomic E-state index is -0.361. The molecule has 1 aromatic carbocycles. The molecule has 0 N–H and O–H groups in total. The second-order valence-corrected chi connectivity index (χ2v) is 7.04. The van der Waals surface area contributed by atoms with E-state index in [4.69, 9.17) is 4.74 Å². The van der Waals surface area contributed by atoms with Gasteiger partial charge in [-0.2, -0.15) is 0 Å². The highest BCUT2D eigenvalue weighted by molar-refractivity contribution is 6.15. The summed E-state index contributed by atoms with van der Waals surface area (Å²) in [5.41, 5.74) is 0.868. The summed E-state index contributed by atoms with van der Waals surface area (Å²) in [6.07, 6.45) is 5.38. The van der Waals surface area contributed by atoms with Crippen LogP contribution < -0.4 is 0 Å². The molecule has 21 heavy (non-hydrogen) atoms. The van der Waals surface area contributed by atoms with Gasteiger partial charge in [-0.1, -0.05) is 64.1 Å². The SMILES string of the molecule is C=C(C(=O)OC1(C(C)(C)C)CCCCC1)c1ccccc1. The number of ether oxygens (including phenoxy) is 1. The third-order valence-corrected chi connectivity index (χ3v) is 4.68. The van der Waals surface area contributed by atoms with Crippen molar-refractivity contribution < 1.29 is 9.53 Å². The highest BCUT2D eigenvalue weighted by Gasteiger charge is 2.46. The molecule has 0 heterocycles. The molecule has 0 saturated heterocycles. The van der Waals surface area contributed by atoms with Crippen molar-refractivity contribution >= 4 is 11.5 Å². The monoisotopic (exact) mass is 286 g/mol. The average molecular weight is 286 g/mol. The number of carbonyl (C=O) groups excluding carboxylic acids is 1. The van der Waals surface area contributed by atoms with Gasteiger partial charge in [0.15, 0.2) is 0 Å². The van der Waals surface area contributed by atoms with Gasteiger partial charge in [-0.05, 0) is 31.2 Å². The summed E-state index contributed by atoms with van der Waals surface area (Å²) < 4.78 is 6.02. The van der Waals surface area contributed by atoms with Gasteiger partial charge in [-0.15, -0.1) is 0 Å². The predicted molar refractivity (Wildman–Crippen MR) is 86.8 cm³/mol. The van der Waals surface area contributed by atoms with Crippen LogP contribution in [-0.4, -0.2) is 11.6 Å². The van der Waals surface area contributed by atoms with Gasteiger partial charge in [0.1, 0.15) is 5.60 Å². The Morgan fingerprint density at radius 2 is 1.67 bits per heavy atom. The molecule has 0 radical (unpaired) electrons. The summed E-state index contributed by atoms with van der Waals surface area (Å²) >= 11 is 0. The van der Waals surface area contributed by atoms with Gasteiger partial charge in [-0.3, -0.25) is 0 Å². The zero-order valence-electron chi connectivity index (χ0n) is 13.4. The van der Waals surface area contributed by atoms with Gasteiger partial charge >= 0.3 is 5.97 Å². The van der Waals surface area contributed by atoms with Crippen LogP contribution in [0.2, 0.25) is 0 Å². The van der Waals surface area contributed by atoms with Crippen molar-refractivity contribution in [1.29, 1.82) is 0 Å². The Hall–Kier alpha value is -1.57. The minimum absolute atomic E-state index is 0.0555. The maximum atomic E-state index is 12.5. The number of benzene rings is 1. The van der Waals surface area contributed by atoms with Gasteiger partial charge in [-0.25, -0.2) is 4.79 Å². The third kappa shape index (κ3) is 3.37. The molecule has 0 spiro atoms. The quantitative estimate of drug-likeness (QED) is 0.578. The van der Waals surface area contributed by atoms with E-state index in [9.17, 15) is 4.79 Å². The number of hydrogen-bond donors (Lipinski definition) is 0. The van der Waals surface area contributed by atoms with Crippen molar-refractivity contribution in [3.8, 4) is 0 Å². The summed E-state index contributed by atoms with van der Waals surface area (Å²) in [5.74, 6) is -0.280. The smallest absolute Gasteiger partial charge is 0.338 e. The molecule has 2 nitrogen and oxygen atoms in total. The first kappa shape index (κ1) is 15.8. The van der Waals surface area contributed by atoms with Gasteiger partial charge in [0.05, 0.1) is 5.57 Å². The summed E-state index contributed by atoms with van der Waals surface area (Å²) in [6.45, 7) is 10.4. The van der Waals surface area contributed by atoms with Crippen LogP contribution in [0.1, 0.15) is 58.4 Å². The Labute approximate surface area is 128 Å².